The first-order valence-corrected chi connectivity index (χ1v) is 12.8. The van der Waals surface area contributed by atoms with Gasteiger partial charge in [-0.2, -0.15) is 4.98 Å². The van der Waals surface area contributed by atoms with Gasteiger partial charge in [-0.05, 0) is 42.3 Å². The summed E-state index contributed by atoms with van der Waals surface area (Å²) >= 11 is 1.55. The highest BCUT2D eigenvalue weighted by atomic mass is 32.2. The minimum atomic E-state index is -0.490. The number of thioether (sulfide) groups is 1. The third-order valence-electron chi connectivity index (χ3n) is 6.08. The number of para-hydroxylation sites is 2. The van der Waals surface area contributed by atoms with Gasteiger partial charge in [0.15, 0.2) is 0 Å². The summed E-state index contributed by atoms with van der Waals surface area (Å²) < 4.78 is 12.6. The van der Waals surface area contributed by atoms with Crippen molar-refractivity contribution >= 4 is 29.3 Å². The zero-order valence-corrected chi connectivity index (χ0v) is 21.6. The van der Waals surface area contributed by atoms with Gasteiger partial charge in [-0.1, -0.05) is 66.4 Å². The fraction of sp³-hybridized carbons (Fsp3) is 0.179. The van der Waals surface area contributed by atoms with Crippen LogP contribution in [0.15, 0.2) is 95.3 Å². The molecule has 188 valence electrons. The van der Waals surface area contributed by atoms with Crippen molar-refractivity contribution in [1.82, 2.24) is 14.8 Å². The van der Waals surface area contributed by atoms with E-state index in [1.807, 2.05) is 73.7 Å². The molecule has 3 aromatic carbocycles. The van der Waals surface area contributed by atoms with Crippen molar-refractivity contribution in [1.29, 1.82) is 0 Å². The van der Waals surface area contributed by atoms with Crippen molar-refractivity contribution in [2.45, 2.75) is 23.9 Å². The Bertz CT molecular complexity index is 1430. The summed E-state index contributed by atoms with van der Waals surface area (Å²) in [6.45, 7) is 1.88. The molecule has 0 spiro atoms. The molecule has 0 fully saturated rings. The predicted molar refractivity (Wildman–Crippen MR) is 145 cm³/mol. The molecular formula is C28H27N5O3S. The van der Waals surface area contributed by atoms with Crippen LogP contribution in [0.3, 0.4) is 0 Å². The van der Waals surface area contributed by atoms with Gasteiger partial charge in [0, 0.05) is 11.4 Å². The first-order valence-electron chi connectivity index (χ1n) is 11.8. The smallest absolute Gasteiger partial charge is 0.255 e. The van der Waals surface area contributed by atoms with Crippen LogP contribution in [0, 0.1) is 0 Å². The molecule has 4 aromatic rings. The number of allylic oxidation sites excluding steroid dienone is 1. The van der Waals surface area contributed by atoms with Crippen molar-refractivity contribution in [3.05, 3.63) is 101 Å². The molecule has 1 unspecified atom stereocenters. The molecular weight excluding hydrogens is 486 g/mol. The van der Waals surface area contributed by atoms with E-state index < -0.39 is 6.04 Å². The van der Waals surface area contributed by atoms with E-state index in [-0.39, 0.29) is 5.91 Å². The van der Waals surface area contributed by atoms with E-state index >= 15 is 0 Å². The van der Waals surface area contributed by atoms with E-state index in [9.17, 15) is 4.79 Å². The average Bonchev–Trinajstić information content (AvgIpc) is 3.34. The van der Waals surface area contributed by atoms with Crippen molar-refractivity contribution < 1.29 is 14.3 Å². The van der Waals surface area contributed by atoms with Gasteiger partial charge >= 0.3 is 0 Å². The van der Waals surface area contributed by atoms with Gasteiger partial charge in [0.05, 0.1) is 25.5 Å². The van der Waals surface area contributed by atoms with Crippen molar-refractivity contribution in [3.63, 3.8) is 0 Å². The number of methoxy groups -OCH3 is 2. The van der Waals surface area contributed by atoms with E-state index in [0.717, 1.165) is 17.1 Å². The van der Waals surface area contributed by atoms with Crippen LogP contribution >= 0.6 is 11.8 Å². The summed E-state index contributed by atoms with van der Waals surface area (Å²) in [6, 6.07) is 24.7. The highest BCUT2D eigenvalue weighted by Gasteiger charge is 2.34. The van der Waals surface area contributed by atoms with E-state index in [1.54, 1.807) is 30.7 Å². The van der Waals surface area contributed by atoms with Crippen LogP contribution in [-0.4, -0.2) is 34.9 Å². The van der Waals surface area contributed by atoms with Crippen LogP contribution in [-0.2, 0) is 10.5 Å². The molecule has 0 saturated carbocycles. The number of nitrogens with zero attached hydrogens (tertiary/aromatic N) is 3. The lowest BCUT2D eigenvalue weighted by atomic mass is 9.95. The van der Waals surface area contributed by atoms with E-state index in [4.69, 9.17) is 19.6 Å². The number of amides is 1. The Morgan fingerprint density at radius 1 is 1.00 bits per heavy atom. The topological polar surface area (TPSA) is 90.3 Å². The van der Waals surface area contributed by atoms with Crippen molar-refractivity contribution in [2.75, 3.05) is 24.9 Å². The molecule has 1 aromatic heterocycles. The Morgan fingerprint density at radius 3 is 2.46 bits per heavy atom. The van der Waals surface area contributed by atoms with Crippen LogP contribution in [0.1, 0.15) is 24.1 Å². The second kappa shape index (κ2) is 10.8. The number of carbonyl (C=O) groups excluding carboxylic acids is 1. The van der Waals surface area contributed by atoms with E-state index in [0.29, 0.717) is 33.8 Å². The van der Waals surface area contributed by atoms with Crippen LogP contribution in [0.5, 0.6) is 11.5 Å². The lowest BCUT2D eigenvalue weighted by Gasteiger charge is -2.29. The lowest BCUT2D eigenvalue weighted by molar-refractivity contribution is -0.113. The molecule has 9 heteroatoms. The molecule has 2 heterocycles. The van der Waals surface area contributed by atoms with Gasteiger partial charge in [0.2, 0.25) is 11.1 Å². The van der Waals surface area contributed by atoms with Gasteiger partial charge in [-0.3, -0.25) is 4.79 Å². The Hall–Kier alpha value is -4.24. The molecule has 2 N–H and O–H groups in total. The second-order valence-corrected chi connectivity index (χ2v) is 9.37. The number of nitrogens with one attached hydrogen (secondary N) is 2. The summed E-state index contributed by atoms with van der Waals surface area (Å²) in [5.74, 6) is 2.39. The van der Waals surface area contributed by atoms with Crippen molar-refractivity contribution in [3.8, 4) is 11.5 Å². The van der Waals surface area contributed by atoms with Crippen LogP contribution < -0.4 is 20.1 Å². The van der Waals surface area contributed by atoms with E-state index in [2.05, 4.69) is 22.8 Å². The van der Waals surface area contributed by atoms with Gasteiger partial charge in [-0.25, -0.2) is 4.68 Å². The van der Waals surface area contributed by atoms with Crippen molar-refractivity contribution in [2.24, 2.45) is 0 Å². The number of fused-ring (bicyclic) bond motifs is 1. The van der Waals surface area contributed by atoms with Crippen LogP contribution in [0.25, 0.3) is 0 Å². The predicted octanol–water partition coefficient (Wildman–Crippen LogP) is 5.52. The molecule has 0 bridgehead atoms. The Kier molecular flexibility index (Phi) is 7.14. The molecule has 8 nitrogen and oxygen atoms in total. The molecule has 0 radical (unpaired) electrons. The molecule has 1 atom stereocenters. The van der Waals surface area contributed by atoms with Gasteiger partial charge in [-0.15, -0.1) is 5.10 Å². The Morgan fingerprint density at radius 2 is 1.73 bits per heavy atom. The maximum absolute atomic E-state index is 13.7. The quantitative estimate of drug-likeness (QED) is 0.300. The number of aromatic nitrogens is 3. The molecule has 1 amide bonds. The van der Waals surface area contributed by atoms with E-state index in [1.165, 1.54) is 5.56 Å². The highest BCUT2D eigenvalue weighted by molar-refractivity contribution is 7.98. The summed E-state index contributed by atoms with van der Waals surface area (Å²) in [4.78, 5) is 18.4. The van der Waals surface area contributed by atoms with Gasteiger partial charge in [0.25, 0.3) is 5.91 Å². The summed E-state index contributed by atoms with van der Waals surface area (Å²) in [7, 11) is 3.20. The zero-order valence-electron chi connectivity index (χ0n) is 20.8. The normalized spacial score (nSPS) is 14.5. The minimum Gasteiger partial charge on any atom is -0.497 e. The highest BCUT2D eigenvalue weighted by Crippen LogP contribution is 2.38. The number of ether oxygens (including phenoxy) is 2. The molecule has 0 aliphatic carbocycles. The average molecular weight is 514 g/mol. The minimum absolute atomic E-state index is 0.255. The Balaban J connectivity index is 1.50. The summed E-state index contributed by atoms with van der Waals surface area (Å²) in [6.07, 6.45) is 0. The number of rotatable bonds is 8. The molecule has 1 aliphatic heterocycles. The second-order valence-electron chi connectivity index (χ2n) is 8.43. The molecule has 5 rings (SSSR count). The molecule has 1 aliphatic rings. The first-order chi connectivity index (χ1) is 18.1. The molecule has 0 saturated heterocycles. The maximum atomic E-state index is 13.7. The molecule has 37 heavy (non-hydrogen) atoms. The third kappa shape index (κ3) is 5.17. The van der Waals surface area contributed by atoms with Gasteiger partial charge < -0.3 is 20.1 Å². The number of anilines is 2. The SMILES string of the molecule is COc1ccc(C2C(C(=O)Nc3ccccc3OC)=C(C)Nc3nc(SCc4ccccc4)nn32)cc1. The summed E-state index contributed by atoms with van der Waals surface area (Å²) in [5.41, 5.74) is 3.90. The number of hydrogen-bond donors (Lipinski definition) is 2. The van der Waals surface area contributed by atoms with Crippen LogP contribution in [0.2, 0.25) is 0 Å². The number of carbonyl (C=O) groups is 1. The lowest BCUT2D eigenvalue weighted by Crippen LogP contribution is -2.31. The maximum Gasteiger partial charge on any atom is 0.255 e. The summed E-state index contributed by atoms with van der Waals surface area (Å²) in [5, 5.41) is 11.7. The monoisotopic (exact) mass is 513 g/mol. The largest absolute Gasteiger partial charge is 0.497 e. The number of benzene rings is 3. The fourth-order valence-electron chi connectivity index (χ4n) is 4.24. The third-order valence-corrected chi connectivity index (χ3v) is 6.98. The fourth-order valence-corrected chi connectivity index (χ4v) is 5.03. The van der Waals surface area contributed by atoms with Gasteiger partial charge in [0.1, 0.15) is 17.5 Å². The zero-order chi connectivity index (χ0) is 25.8. The Labute approximate surface area is 219 Å². The number of hydrogen-bond acceptors (Lipinski definition) is 7. The standard InChI is InChI=1S/C28H27N5O3S/c1-18-24(26(34)30-22-11-7-8-12-23(22)36-3)25(20-13-15-21(35-2)16-14-20)33-27(29-18)31-28(32-33)37-17-19-9-5-4-6-10-19/h4-16,25H,17H2,1-3H3,(H,30,34)(H,29,31,32). The first kappa shape index (κ1) is 24.5. The van der Waals surface area contributed by atoms with Crippen LogP contribution in [0.4, 0.5) is 11.6 Å².